The zero-order chi connectivity index (χ0) is 39.2. The van der Waals surface area contributed by atoms with Crippen LogP contribution in [0.15, 0.2) is 67.3 Å². The Bertz CT molecular complexity index is 2150. The van der Waals surface area contributed by atoms with Gasteiger partial charge < -0.3 is 19.3 Å². The minimum atomic E-state index is -3.84. The minimum absolute atomic E-state index is 0.0313. The van der Waals surface area contributed by atoms with Crippen LogP contribution in [0.25, 0.3) is 22.2 Å². The van der Waals surface area contributed by atoms with Crippen LogP contribution in [0.2, 0.25) is 0 Å². The molecule has 13 heteroatoms. The Morgan fingerprint density at radius 3 is 2.43 bits per heavy atom. The summed E-state index contributed by atoms with van der Waals surface area (Å²) in [6.07, 6.45) is 6.95. The van der Waals surface area contributed by atoms with Gasteiger partial charge >= 0.3 is 0 Å². The molecule has 8 rings (SSSR count). The summed E-state index contributed by atoms with van der Waals surface area (Å²) in [5.74, 6) is -1.03. The molecule has 2 aliphatic heterocycles. The SMILES string of the molecule is C=C[C@@H]1C[C@]1(CC(=O)[C@@H]1C[C@@H](Oc2cc(-c3ccccc3)nc3cc(OC)ccc23)CN1C(=O)[C@@H](CC(=O)N1CCCCC1)C1CC1)C(=O)NS(=O)(=O)C1CC1. The molecule has 1 aromatic heterocycles. The lowest BCUT2D eigenvalue weighted by Gasteiger charge is -2.31. The summed E-state index contributed by atoms with van der Waals surface area (Å²) in [7, 11) is -2.25. The van der Waals surface area contributed by atoms with Crippen LogP contribution in [0.5, 0.6) is 11.5 Å². The van der Waals surface area contributed by atoms with Gasteiger partial charge in [-0.1, -0.05) is 36.4 Å². The predicted molar refractivity (Wildman–Crippen MR) is 210 cm³/mol. The number of carbonyl (C=O) groups excluding carboxylic acids is 4. The molecule has 3 amide bonds. The maximum Gasteiger partial charge on any atom is 0.240 e. The number of sulfonamides is 1. The Morgan fingerprint density at radius 2 is 1.77 bits per heavy atom. The second-order valence-electron chi connectivity index (χ2n) is 16.3. The molecule has 3 aromatic rings. The van der Waals surface area contributed by atoms with Crippen LogP contribution >= 0.6 is 0 Å². The Kier molecular flexibility index (Phi) is 10.4. The van der Waals surface area contributed by atoms with Gasteiger partial charge in [-0.15, -0.1) is 6.58 Å². The number of aromatic nitrogens is 1. The van der Waals surface area contributed by atoms with E-state index in [0.29, 0.717) is 55.1 Å². The molecule has 5 fully saturated rings. The molecular formula is C43H50N4O8S. The van der Waals surface area contributed by atoms with Crippen LogP contribution in [-0.4, -0.2) is 90.8 Å². The normalized spacial score (nSPS) is 25.3. The highest BCUT2D eigenvalue weighted by Gasteiger charge is 2.61. The molecule has 0 unspecified atom stereocenters. The zero-order valence-electron chi connectivity index (χ0n) is 31.9. The summed E-state index contributed by atoms with van der Waals surface area (Å²) in [5.41, 5.74) is 0.961. The second kappa shape index (κ2) is 15.3. The third-order valence-electron chi connectivity index (χ3n) is 12.4. The van der Waals surface area contributed by atoms with E-state index in [4.69, 9.17) is 14.5 Å². The van der Waals surface area contributed by atoms with Crippen molar-refractivity contribution < 1.29 is 37.1 Å². The summed E-state index contributed by atoms with van der Waals surface area (Å²) < 4.78 is 40.2. The largest absolute Gasteiger partial charge is 0.497 e. The van der Waals surface area contributed by atoms with E-state index in [1.54, 1.807) is 18.1 Å². The second-order valence-corrected chi connectivity index (χ2v) is 18.3. The van der Waals surface area contributed by atoms with Crippen molar-refractivity contribution in [2.75, 3.05) is 26.7 Å². The van der Waals surface area contributed by atoms with Crippen LogP contribution in [0, 0.1) is 23.2 Å². The fourth-order valence-electron chi connectivity index (χ4n) is 8.70. The molecular weight excluding hydrogens is 733 g/mol. The first-order chi connectivity index (χ1) is 27.0. The van der Waals surface area contributed by atoms with Crippen LogP contribution in [0.4, 0.5) is 0 Å². The maximum atomic E-state index is 14.7. The standard InChI is InChI=1S/C43H50N4O8S/c1-3-29-24-43(29,42(51)45-56(52,53)32-15-16-32)25-38(48)37-21-31(26-47(37)41(50)34(27-12-13-27)22-40(49)46-18-8-5-9-19-46)55-39-23-35(28-10-6-4-7-11-28)44-36-20-30(54-2)14-17-33(36)39/h3-4,6-7,10-11,14,17,20,23,27,29,31-32,34,37H,1,5,8-9,12-13,15-16,18-19,21-22,24-26H2,2H3,(H,45,51)/t29-,31-,34+,37+,43-/m1/s1. The van der Waals surface area contributed by atoms with E-state index >= 15 is 0 Å². The van der Waals surface area contributed by atoms with Crippen LogP contribution in [0.1, 0.15) is 70.6 Å². The number of nitrogens with zero attached hydrogens (tertiary/aromatic N) is 3. The topological polar surface area (TPSA) is 152 Å². The molecule has 1 N–H and O–H groups in total. The van der Waals surface area contributed by atoms with E-state index in [1.807, 2.05) is 59.5 Å². The van der Waals surface area contributed by atoms with Gasteiger partial charge in [0.1, 0.15) is 17.6 Å². The average Bonchev–Trinajstić information content (AvgIpc) is 4.10. The van der Waals surface area contributed by atoms with Crippen molar-refractivity contribution in [2.24, 2.45) is 23.2 Å². The number of carbonyl (C=O) groups is 4. The number of allylic oxidation sites excluding steroid dienone is 1. The Hall–Kier alpha value is -4.78. The number of benzene rings is 2. The number of pyridine rings is 1. The molecule has 0 radical (unpaired) electrons. The van der Waals surface area contributed by atoms with Crippen LogP contribution < -0.4 is 14.2 Å². The minimum Gasteiger partial charge on any atom is -0.497 e. The van der Waals surface area contributed by atoms with Gasteiger partial charge in [-0.05, 0) is 75.3 Å². The first kappa shape index (κ1) is 38.1. The molecule has 56 heavy (non-hydrogen) atoms. The average molecular weight is 783 g/mol. The molecule has 3 aliphatic carbocycles. The van der Waals surface area contributed by atoms with E-state index < -0.39 is 44.7 Å². The van der Waals surface area contributed by atoms with Gasteiger partial charge in [0, 0.05) is 61.4 Å². The highest BCUT2D eigenvalue weighted by atomic mass is 32.2. The summed E-state index contributed by atoms with van der Waals surface area (Å²) in [4.78, 5) is 64.9. The van der Waals surface area contributed by atoms with Crippen molar-refractivity contribution in [1.82, 2.24) is 19.5 Å². The number of hydrogen-bond donors (Lipinski definition) is 1. The number of piperidine rings is 1. The van der Waals surface area contributed by atoms with Crippen molar-refractivity contribution >= 4 is 44.4 Å². The van der Waals surface area contributed by atoms with Crippen molar-refractivity contribution in [3.63, 3.8) is 0 Å². The summed E-state index contributed by atoms with van der Waals surface area (Å²) in [6, 6.07) is 16.2. The quantitative estimate of drug-likeness (QED) is 0.199. The molecule has 0 bridgehead atoms. The third-order valence-corrected chi connectivity index (χ3v) is 14.2. The lowest BCUT2D eigenvalue weighted by atomic mass is 9.90. The molecule has 3 saturated carbocycles. The molecule has 2 saturated heterocycles. The van der Waals surface area contributed by atoms with Gasteiger partial charge in [-0.2, -0.15) is 0 Å². The van der Waals surface area contributed by atoms with Crippen LogP contribution in [0.3, 0.4) is 0 Å². The molecule has 5 atom stereocenters. The molecule has 5 aliphatic rings. The number of Topliss-reactive ketones (excluding diaryl/α,β-unsaturated/α-hetero) is 1. The number of rotatable bonds is 15. The smallest absolute Gasteiger partial charge is 0.240 e. The zero-order valence-corrected chi connectivity index (χ0v) is 32.7. The van der Waals surface area contributed by atoms with Gasteiger partial charge in [0.2, 0.25) is 27.7 Å². The van der Waals surface area contributed by atoms with E-state index in [2.05, 4.69) is 11.3 Å². The van der Waals surface area contributed by atoms with E-state index in [9.17, 15) is 27.6 Å². The molecule has 2 aromatic carbocycles. The number of fused-ring (bicyclic) bond motifs is 1. The van der Waals surface area contributed by atoms with Gasteiger partial charge in [0.05, 0.1) is 41.6 Å². The number of methoxy groups -OCH3 is 1. The highest BCUT2D eigenvalue weighted by molar-refractivity contribution is 7.90. The Balaban J connectivity index is 1.10. The first-order valence-electron chi connectivity index (χ1n) is 20.0. The number of ether oxygens (including phenoxy) is 2. The van der Waals surface area contributed by atoms with Crippen LogP contribution in [-0.2, 0) is 29.2 Å². The lowest BCUT2D eigenvalue weighted by Crippen LogP contribution is -2.47. The molecule has 3 heterocycles. The first-order valence-corrected chi connectivity index (χ1v) is 21.5. The lowest BCUT2D eigenvalue weighted by molar-refractivity contribution is -0.145. The van der Waals surface area contributed by atoms with Crippen molar-refractivity contribution in [3.05, 3.63) is 67.3 Å². The Labute approximate surface area is 328 Å². The van der Waals surface area contributed by atoms with Crippen molar-refractivity contribution in [2.45, 2.75) is 88.0 Å². The molecule has 12 nitrogen and oxygen atoms in total. The van der Waals surface area contributed by atoms with Crippen molar-refractivity contribution in [1.29, 1.82) is 0 Å². The van der Waals surface area contributed by atoms with E-state index in [0.717, 1.165) is 43.1 Å². The van der Waals surface area contributed by atoms with E-state index in [-0.39, 0.29) is 55.2 Å². The highest BCUT2D eigenvalue weighted by Crippen LogP contribution is 2.57. The maximum absolute atomic E-state index is 14.7. The monoisotopic (exact) mass is 782 g/mol. The van der Waals surface area contributed by atoms with Gasteiger partial charge in [0.15, 0.2) is 5.78 Å². The third kappa shape index (κ3) is 7.79. The summed E-state index contributed by atoms with van der Waals surface area (Å²) in [5, 5.41) is 0.140. The van der Waals surface area contributed by atoms with Gasteiger partial charge in [0.25, 0.3) is 0 Å². The molecule has 296 valence electrons. The van der Waals surface area contributed by atoms with Gasteiger partial charge in [-0.3, -0.25) is 23.9 Å². The summed E-state index contributed by atoms with van der Waals surface area (Å²) in [6.45, 7) is 5.34. The number of hydrogen-bond acceptors (Lipinski definition) is 9. The van der Waals surface area contributed by atoms with E-state index in [1.165, 1.54) is 0 Å². The fraction of sp³-hybridized carbons (Fsp3) is 0.512. The number of nitrogens with one attached hydrogen (secondary N) is 1. The number of ketones is 1. The summed E-state index contributed by atoms with van der Waals surface area (Å²) >= 11 is 0. The van der Waals surface area contributed by atoms with Gasteiger partial charge in [-0.25, -0.2) is 13.4 Å². The number of amides is 3. The van der Waals surface area contributed by atoms with Crippen molar-refractivity contribution in [3.8, 4) is 22.8 Å². The number of likely N-dealkylation sites (tertiary alicyclic amines) is 2. The fourth-order valence-corrected chi connectivity index (χ4v) is 10.1. The molecule has 0 spiro atoms. The predicted octanol–water partition coefficient (Wildman–Crippen LogP) is 5.45. The Morgan fingerprint density at radius 1 is 1.02 bits per heavy atom.